The molecule has 0 aliphatic heterocycles. The van der Waals surface area contributed by atoms with Crippen LogP contribution < -0.4 is 5.73 Å². The molecule has 3 N–H and O–H groups in total. The second-order valence-electron chi connectivity index (χ2n) is 2.54. The summed E-state index contributed by atoms with van der Waals surface area (Å²) in [5.74, 6) is -0.815. The van der Waals surface area contributed by atoms with Gasteiger partial charge in [0.15, 0.2) is 0 Å². The number of carbonyl (C=O) groups is 1. The average Bonchev–Trinajstić information content (AvgIpc) is 1.82. The van der Waals surface area contributed by atoms with Gasteiger partial charge in [0.25, 0.3) is 0 Å². The Morgan fingerprint density at radius 3 is 1.82 bits per heavy atom. The first-order chi connectivity index (χ1) is 5.18. The molecule has 0 bridgehead atoms. The van der Waals surface area contributed by atoms with Crippen LogP contribution in [-0.2, 0) is 4.79 Å². The maximum absolute atomic E-state index is 9.76. The van der Waals surface area contributed by atoms with Crippen LogP contribution in [0, 0.1) is 0 Å². The van der Waals surface area contributed by atoms with E-state index in [9.17, 15) is 4.79 Å². The predicted molar refractivity (Wildman–Crippen MR) is 47.9 cm³/mol. The molecule has 1 aliphatic carbocycles. The largest absolute Gasteiger partial charge is 0.480 e. The summed E-state index contributed by atoms with van der Waals surface area (Å²) in [5, 5.41) is 8.01. The van der Waals surface area contributed by atoms with Gasteiger partial charge in [0.05, 0.1) is 0 Å². The molecule has 0 aromatic carbocycles. The summed E-state index contributed by atoms with van der Waals surface area (Å²) in [6, 6.07) is -0.816. The van der Waals surface area contributed by atoms with Gasteiger partial charge in [-0.15, -0.1) is 0 Å². The number of thiol groups is 1. The molecule has 66 valence electrons. The van der Waals surface area contributed by atoms with Crippen molar-refractivity contribution in [3.8, 4) is 0 Å². The van der Waals surface area contributed by atoms with Crippen LogP contribution in [0.4, 0.5) is 0 Å². The Bertz CT molecular complexity index is 111. The zero-order chi connectivity index (χ0) is 8.69. The fourth-order valence-corrected chi connectivity index (χ4v) is 0.484. The van der Waals surface area contributed by atoms with E-state index in [1.54, 1.807) is 0 Å². The summed E-state index contributed by atoms with van der Waals surface area (Å²) < 4.78 is 0. The van der Waals surface area contributed by atoms with Gasteiger partial charge in [-0.3, -0.25) is 4.79 Å². The second kappa shape index (κ2) is 6.49. The first kappa shape index (κ1) is 10.8. The van der Waals surface area contributed by atoms with E-state index in [2.05, 4.69) is 12.6 Å². The number of carboxylic acid groups (broad SMARTS) is 1. The molecular weight excluding hydrogens is 162 g/mol. The van der Waals surface area contributed by atoms with E-state index in [1.807, 2.05) is 0 Å². The highest BCUT2D eigenvalue weighted by atomic mass is 32.1. The Balaban J connectivity index is 0.000000207. The van der Waals surface area contributed by atoms with Gasteiger partial charge in [0.2, 0.25) is 0 Å². The molecule has 0 aromatic rings. The first-order valence-electron chi connectivity index (χ1n) is 3.77. The van der Waals surface area contributed by atoms with Crippen molar-refractivity contribution in [2.45, 2.75) is 31.7 Å². The van der Waals surface area contributed by atoms with E-state index in [0.29, 0.717) is 0 Å². The van der Waals surface area contributed by atoms with Gasteiger partial charge in [-0.05, 0) is 0 Å². The fourth-order valence-electron chi connectivity index (χ4n) is 0.328. The summed E-state index contributed by atoms with van der Waals surface area (Å²) in [7, 11) is 0. The van der Waals surface area contributed by atoms with E-state index in [1.165, 1.54) is 25.7 Å². The average molecular weight is 177 g/mol. The van der Waals surface area contributed by atoms with Crippen LogP contribution in [0.25, 0.3) is 0 Å². The van der Waals surface area contributed by atoms with Crippen LogP contribution in [0.5, 0.6) is 0 Å². The smallest absolute Gasteiger partial charge is 0.321 e. The van der Waals surface area contributed by atoms with Crippen LogP contribution >= 0.6 is 12.6 Å². The van der Waals surface area contributed by atoms with Crippen LogP contribution in [-0.4, -0.2) is 22.9 Å². The molecule has 4 heteroatoms. The molecule has 3 nitrogen and oxygen atoms in total. The van der Waals surface area contributed by atoms with Crippen molar-refractivity contribution >= 4 is 18.6 Å². The van der Waals surface area contributed by atoms with Crippen molar-refractivity contribution in [1.82, 2.24) is 0 Å². The Morgan fingerprint density at radius 1 is 1.45 bits per heavy atom. The molecule has 1 aliphatic rings. The van der Waals surface area contributed by atoms with E-state index in [-0.39, 0.29) is 5.75 Å². The van der Waals surface area contributed by atoms with Gasteiger partial charge in [0.1, 0.15) is 6.04 Å². The van der Waals surface area contributed by atoms with Crippen molar-refractivity contribution < 1.29 is 9.90 Å². The Labute approximate surface area is 72.4 Å². The number of carboxylic acids is 1. The molecule has 0 radical (unpaired) electrons. The third kappa shape index (κ3) is 6.19. The van der Waals surface area contributed by atoms with Crippen LogP contribution in [0.3, 0.4) is 0 Å². The number of aliphatic carboxylic acids is 1. The van der Waals surface area contributed by atoms with Gasteiger partial charge in [-0.2, -0.15) is 12.6 Å². The third-order valence-electron chi connectivity index (χ3n) is 1.51. The van der Waals surface area contributed by atoms with E-state index >= 15 is 0 Å². The van der Waals surface area contributed by atoms with Gasteiger partial charge in [-0.1, -0.05) is 25.7 Å². The SMILES string of the molecule is C1CCC1.N[C@@H](CS)C(=O)O. The van der Waals surface area contributed by atoms with Gasteiger partial charge in [-0.25, -0.2) is 0 Å². The van der Waals surface area contributed by atoms with Crippen molar-refractivity contribution in [1.29, 1.82) is 0 Å². The number of hydrogen-bond acceptors (Lipinski definition) is 3. The summed E-state index contributed by atoms with van der Waals surface area (Å²) >= 11 is 3.65. The minimum Gasteiger partial charge on any atom is -0.480 e. The molecule has 0 aromatic heterocycles. The second-order valence-corrected chi connectivity index (χ2v) is 2.91. The van der Waals surface area contributed by atoms with Crippen LogP contribution in [0.2, 0.25) is 0 Å². The molecule has 1 rings (SSSR count). The maximum atomic E-state index is 9.76. The summed E-state index contributed by atoms with van der Waals surface area (Å²) in [5.41, 5.74) is 4.94. The zero-order valence-corrected chi connectivity index (χ0v) is 7.39. The third-order valence-corrected chi connectivity index (χ3v) is 1.91. The highest BCUT2D eigenvalue weighted by molar-refractivity contribution is 7.80. The topological polar surface area (TPSA) is 63.3 Å². The van der Waals surface area contributed by atoms with Crippen LogP contribution in [0.1, 0.15) is 25.7 Å². The van der Waals surface area contributed by atoms with Crippen molar-refractivity contribution in [2.24, 2.45) is 5.73 Å². The molecule has 1 atom stereocenters. The van der Waals surface area contributed by atoms with Gasteiger partial charge >= 0.3 is 5.97 Å². The summed E-state index contributed by atoms with van der Waals surface area (Å²) in [6.45, 7) is 0. The van der Waals surface area contributed by atoms with Crippen molar-refractivity contribution in [3.63, 3.8) is 0 Å². The monoisotopic (exact) mass is 177 g/mol. The molecule has 0 unspecified atom stereocenters. The van der Waals surface area contributed by atoms with Gasteiger partial charge in [0, 0.05) is 5.75 Å². The zero-order valence-electron chi connectivity index (χ0n) is 6.49. The molecule has 0 heterocycles. The molecule has 0 saturated heterocycles. The minimum absolute atomic E-state index is 0.190. The number of nitrogens with two attached hydrogens (primary N) is 1. The molecule has 0 spiro atoms. The lowest BCUT2D eigenvalue weighted by atomic mass is 10.0. The number of rotatable bonds is 2. The van der Waals surface area contributed by atoms with E-state index in [0.717, 1.165) is 0 Å². The van der Waals surface area contributed by atoms with Crippen LogP contribution in [0.15, 0.2) is 0 Å². The summed E-state index contributed by atoms with van der Waals surface area (Å²) in [6.07, 6.45) is 6.00. The fraction of sp³-hybridized carbons (Fsp3) is 0.857. The Morgan fingerprint density at radius 2 is 1.82 bits per heavy atom. The first-order valence-corrected chi connectivity index (χ1v) is 4.41. The number of hydrogen-bond donors (Lipinski definition) is 3. The lowest BCUT2D eigenvalue weighted by molar-refractivity contribution is -0.137. The quantitative estimate of drug-likeness (QED) is 0.549. The molecule has 1 fully saturated rings. The minimum atomic E-state index is -1.00. The van der Waals surface area contributed by atoms with E-state index in [4.69, 9.17) is 10.8 Å². The highest BCUT2D eigenvalue weighted by Gasteiger charge is 2.06. The molecule has 11 heavy (non-hydrogen) atoms. The lowest BCUT2D eigenvalue weighted by Gasteiger charge is -2.05. The predicted octanol–water partition coefficient (Wildman–Crippen LogP) is 0.889. The standard InChI is InChI=1S/C4H8.C3H7NO2S/c1-2-4-3-1;4-2(1-7)3(5)6/h1-4H2;2,7H,1,4H2,(H,5,6)/t;2-/m.0/s1. The summed E-state index contributed by atoms with van der Waals surface area (Å²) in [4.78, 5) is 9.76. The molecule has 0 amide bonds. The maximum Gasteiger partial charge on any atom is 0.321 e. The Hall–Kier alpha value is -0.220. The highest BCUT2D eigenvalue weighted by Crippen LogP contribution is 2.15. The van der Waals surface area contributed by atoms with Crippen molar-refractivity contribution in [3.05, 3.63) is 0 Å². The van der Waals surface area contributed by atoms with Crippen molar-refractivity contribution in [2.75, 3.05) is 5.75 Å². The molecular formula is C7H15NO2S. The molecule has 1 saturated carbocycles. The van der Waals surface area contributed by atoms with Gasteiger partial charge < -0.3 is 10.8 Å². The Kier molecular flexibility index (Phi) is 6.36. The lowest BCUT2D eigenvalue weighted by Crippen LogP contribution is -2.31. The normalized spacial score (nSPS) is 17.3. The van der Waals surface area contributed by atoms with E-state index < -0.39 is 12.0 Å².